The molecule has 2 heteroatoms. The summed E-state index contributed by atoms with van der Waals surface area (Å²) < 4.78 is 5.25. The quantitative estimate of drug-likeness (QED) is 0.745. The number of hydrogen-bond acceptors (Lipinski definition) is 2. The fraction of sp³-hybridized carbons (Fsp3) is 0.529. The number of nitrogens with zero attached hydrogens (tertiary/aromatic N) is 1. The molecule has 2 rings (SSSR count). The average Bonchev–Trinajstić information content (AvgIpc) is 2.46. The minimum absolute atomic E-state index is 0.529. The first-order valence-electron chi connectivity index (χ1n) is 7.18. The molecule has 0 aromatic heterocycles. The second-order valence-electron chi connectivity index (χ2n) is 5.61. The maximum Gasteiger partial charge on any atom is 0.118 e. The van der Waals surface area contributed by atoms with Crippen molar-refractivity contribution in [3.05, 3.63) is 41.5 Å². The van der Waals surface area contributed by atoms with Gasteiger partial charge in [0.25, 0.3) is 0 Å². The van der Waals surface area contributed by atoms with Crippen molar-refractivity contribution in [1.82, 2.24) is 4.90 Å². The van der Waals surface area contributed by atoms with Gasteiger partial charge in [-0.1, -0.05) is 23.8 Å². The van der Waals surface area contributed by atoms with Crippen molar-refractivity contribution in [1.29, 1.82) is 0 Å². The maximum atomic E-state index is 5.25. The zero-order valence-corrected chi connectivity index (χ0v) is 12.4. The summed E-state index contributed by atoms with van der Waals surface area (Å²) in [5, 5.41) is 0. The van der Waals surface area contributed by atoms with Crippen molar-refractivity contribution < 1.29 is 4.74 Å². The lowest BCUT2D eigenvalue weighted by atomic mass is 9.84. The van der Waals surface area contributed by atoms with Crippen LogP contribution in [0.1, 0.15) is 37.2 Å². The molecule has 0 bridgehead atoms. The molecular weight excluding hydrogens is 234 g/mol. The lowest BCUT2D eigenvalue weighted by Crippen LogP contribution is -2.22. The second-order valence-corrected chi connectivity index (χ2v) is 5.61. The van der Waals surface area contributed by atoms with Crippen molar-refractivity contribution in [2.24, 2.45) is 0 Å². The predicted molar refractivity (Wildman–Crippen MR) is 80.8 cm³/mol. The Morgan fingerprint density at radius 1 is 1.16 bits per heavy atom. The van der Waals surface area contributed by atoms with Crippen LogP contribution in [0.4, 0.5) is 0 Å². The molecule has 0 fully saturated rings. The van der Waals surface area contributed by atoms with Crippen LogP contribution in [0.3, 0.4) is 0 Å². The van der Waals surface area contributed by atoms with Crippen LogP contribution in [0.25, 0.3) is 0 Å². The van der Waals surface area contributed by atoms with Crippen LogP contribution in [0, 0.1) is 0 Å². The van der Waals surface area contributed by atoms with E-state index in [2.05, 4.69) is 49.3 Å². The molecule has 0 spiro atoms. The normalized spacial score (nSPS) is 17.2. The van der Waals surface area contributed by atoms with Crippen LogP contribution < -0.4 is 4.74 Å². The zero-order chi connectivity index (χ0) is 13.7. The monoisotopic (exact) mass is 259 g/mol. The summed E-state index contributed by atoms with van der Waals surface area (Å²) in [5.41, 5.74) is 3.02. The highest BCUT2D eigenvalue weighted by Crippen LogP contribution is 2.32. The van der Waals surface area contributed by atoms with E-state index in [9.17, 15) is 0 Å². The van der Waals surface area contributed by atoms with E-state index in [0.29, 0.717) is 5.92 Å². The van der Waals surface area contributed by atoms with Gasteiger partial charge in [0, 0.05) is 12.5 Å². The summed E-state index contributed by atoms with van der Waals surface area (Å²) in [7, 11) is 6.02. The van der Waals surface area contributed by atoms with Crippen LogP contribution >= 0.6 is 0 Å². The van der Waals surface area contributed by atoms with Gasteiger partial charge in [-0.2, -0.15) is 0 Å². The lowest BCUT2D eigenvalue weighted by molar-refractivity contribution is 0.383. The number of rotatable bonds is 5. The maximum absolute atomic E-state index is 5.25. The van der Waals surface area contributed by atoms with Gasteiger partial charge < -0.3 is 9.64 Å². The fourth-order valence-corrected chi connectivity index (χ4v) is 2.82. The van der Waals surface area contributed by atoms with Gasteiger partial charge in [-0.25, -0.2) is 0 Å². The third-order valence-electron chi connectivity index (χ3n) is 3.84. The molecular formula is C17H25NO. The van der Waals surface area contributed by atoms with Gasteiger partial charge in [0.2, 0.25) is 0 Å². The van der Waals surface area contributed by atoms with Crippen molar-refractivity contribution in [3.63, 3.8) is 0 Å². The Labute approximate surface area is 117 Å². The number of ether oxygens (including phenoxy) is 1. The molecule has 0 radical (unpaired) electrons. The van der Waals surface area contributed by atoms with Crippen molar-refractivity contribution in [2.45, 2.75) is 31.6 Å². The summed E-state index contributed by atoms with van der Waals surface area (Å²) in [6, 6.07) is 8.56. The van der Waals surface area contributed by atoms with Gasteiger partial charge in [0.05, 0.1) is 7.11 Å². The Kier molecular flexibility index (Phi) is 5.03. The Hall–Kier alpha value is -1.28. The fourth-order valence-electron chi connectivity index (χ4n) is 2.82. The van der Waals surface area contributed by atoms with Crippen LogP contribution in [-0.4, -0.2) is 32.6 Å². The van der Waals surface area contributed by atoms with Crippen molar-refractivity contribution in [3.8, 4) is 5.75 Å². The number of methoxy groups -OCH3 is 1. The van der Waals surface area contributed by atoms with Crippen LogP contribution in [0.2, 0.25) is 0 Å². The molecule has 1 atom stereocenters. The van der Waals surface area contributed by atoms with Crippen LogP contribution in [0.5, 0.6) is 5.75 Å². The van der Waals surface area contributed by atoms with Gasteiger partial charge in [0.1, 0.15) is 5.75 Å². The predicted octanol–water partition coefficient (Wildman–Crippen LogP) is 3.84. The molecule has 104 valence electrons. The van der Waals surface area contributed by atoms with E-state index >= 15 is 0 Å². The summed E-state index contributed by atoms with van der Waals surface area (Å²) >= 11 is 0. The van der Waals surface area contributed by atoms with E-state index in [1.807, 2.05) is 0 Å². The van der Waals surface area contributed by atoms with E-state index < -0.39 is 0 Å². The SMILES string of the molecule is COc1ccc([C@@H](CN(C)C)C2=CCCCC2)cc1. The Bertz CT molecular complexity index is 419. The molecule has 2 nitrogen and oxygen atoms in total. The molecule has 0 aliphatic heterocycles. The minimum atomic E-state index is 0.529. The standard InChI is InChI=1S/C17H25NO/c1-18(2)13-17(14-7-5-4-6-8-14)15-9-11-16(19-3)12-10-15/h7,9-12,17H,4-6,8,13H2,1-3H3/t17-/m0/s1. The molecule has 0 saturated heterocycles. The third-order valence-corrected chi connectivity index (χ3v) is 3.84. The minimum Gasteiger partial charge on any atom is -0.497 e. The van der Waals surface area contributed by atoms with E-state index in [1.165, 1.54) is 31.2 Å². The molecule has 1 aliphatic rings. The summed E-state index contributed by atoms with van der Waals surface area (Å²) in [6.07, 6.45) is 7.65. The second kappa shape index (κ2) is 6.76. The molecule has 0 amide bonds. The molecule has 1 aromatic carbocycles. The van der Waals surface area contributed by atoms with Gasteiger partial charge >= 0.3 is 0 Å². The topological polar surface area (TPSA) is 12.5 Å². The highest BCUT2D eigenvalue weighted by atomic mass is 16.5. The first kappa shape index (κ1) is 14.1. The third kappa shape index (κ3) is 3.84. The van der Waals surface area contributed by atoms with Crippen molar-refractivity contribution in [2.75, 3.05) is 27.7 Å². The number of hydrogen-bond donors (Lipinski definition) is 0. The summed E-state index contributed by atoms with van der Waals surface area (Å²) in [5.74, 6) is 1.46. The number of allylic oxidation sites excluding steroid dienone is 1. The molecule has 0 N–H and O–H groups in total. The summed E-state index contributed by atoms with van der Waals surface area (Å²) in [4.78, 5) is 2.28. The Morgan fingerprint density at radius 2 is 1.89 bits per heavy atom. The lowest BCUT2D eigenvalue weighted by Gasteiger charge is -2.26. The van der Waals surface area contributed by atoms with E-state index in [-0.39, 0.29) is 0 Å². The van der Waals surface area contributed by atoms with Gasteiger partial charge in [-0.15, -0.1) is 0 Å². The highest BCUT2D eigenvalue weighted by Gasteiger charge is 2.19. The van der Waals surface area contributed by atoms with Crippen LogP contribution in [-0.2, 0) is 0 Å². The molecule has 0 unspecified atom stereocenters. The molecule has 1 aliphatic carbocycles. The Morgan fingerprint density at radius 3 is 2.42 bits per heavy atom. The first-order chi connectivity index (χ1) is 9.20. The number of likely N-dealkylation sites (N-methyl/N-ethyl adjacent to an activating group) is 1. The van der Waals surface area contributed by atoms with E-state index in [1.54, 1.807) is 12.7 Å². The average molecular weight is 259 g/mol. The van der Waals surface area contributed by atoms with Crippen molar-refractivity contribution >= 4 is 0 Å². The first-order valence-corrected chi connectivity index (χ1v) is 7.18. The smallest absolute Gasteiger partial charge is 0.118 e. The largest absolute Gasteiger partial charge is 0.497 e. The highest BCUT2D eigenvalue weighted by molar-refractivity contribution is 5.35. The van der Waals surface area contributed by atoms with Gasteiger partial charge in [-0.3, -0.25) is 0 Å². The summed E-state index contributed by atoms with van der Waals surface area (Å²) in [6.45, 7) is 1.08. The van der Waals surface area contributed by atoms with Gasteiger partial charge in [-0.05, 0) is 57.5 Å². The molecule has 0 heterocycles. The Balaban J connectivity index is 2.22. The molecule has 1 aromatic rings. The van der Waals surface area contributed by atoms with Crippen LogP contribution in [0.15, 0.2) is 35.9 Å². The number of benzene rings is 1. The molecule has 0 saturated carbocycles. The molecule has 19 heavy (non-hydrogen) atoms. The van der Waals surface area contributed by atoms with E-state index in [4.69, 9.17) is 4.74 Å². The van der Waals surface area contributed by atoms with E-state index in [0.717, 1.165) is 12.3 Å². The van der Waals surface area contributed by atoms with Gasteiger partial charge in [0.15, 0.2) is 0 Å². The zero-order valence-electron chi connectivity index (χ0n) is 12.4.